The number of anilines is 1. The lowest BCUT2D eigenvalue weighted by molar-refractivity contribution is -0.144. The molecule has 2 N–H and O–H groups in total. The molecule has 152 valence electrons. The summed E-state index contributed by atoms with van der Waals surface area (Å²) in [6.07, 6.45) is -4.49. The standard InChI is InChI=1S/C18H21F3N4O3/c1-3-22-16(26)10-6-12(28-9-10)8-23-15-13-7-11(27-2)4-5-14(13)24-17(25-15)18(19,20)21/h4-5,7,10,12H,3,6,8-9H2,1-2H3,(H,22,26)(H,23,24,25)/t10-,12-/m0/s1. The summed E-state index contributed by atoms with van der Waals surface area (Å²) < 4.78 is 50.2. The van der Waals surface area contributed by atoms with Crippen LogP contribution in [0.4, 0.5) is 19.0 Å². The molecule has 0 spiro atoms. The Morgan fingerprint density at radius 2 is 2.14 bits per heavy atom. The number of hydrogen-bond acceptors (Lipinski definition) is 6. The third-order valence-corrected chi connectivity index (χ3v) is 4.46. The predicted octanol–water partition coefficient (Wildman–Crippen LogP) is 2.61. The van der Waals surface area contributed by atoms with Crippen molar-refractivity contribution in [1.82, 2.24) is 15.3 Å². The molecule has 1 aromatic heterocycles. The number of carbonyl (C=O) groups excluding carboxylic acids is 1. The maximum atomic E-state index is 13.1. The van der Waals surface area contributed by atoms with Gasteiger partial charge in [0.1, 0.15) is 11.6 Å². The van der Waals surface area contributed by atoms with Gasteiger partial charge in [0.05, 0.1) is 31.3 Å². The number of benzene rings is 1. The van der Waals surface area contributed by atoms with Crippen molar-refractivity contribution in [2.75, 3.05) is 32.1 Å². The summed E-state index contributed by atoms with van der Waals surface area (Å²) in [5, 5.41) is 6.07. The molecule has 2 heterocycles. The average molecular weight is 398 g/mol. The SMILES string of the molecule is CCNC(=O)[C@@H]1CO[C@H](CNc2nc(C(F)(F)F)nc3ccc(OC)cc23)C1. The molecule has 1 aliphatic rings. The molecule has 1 amide bonds. The Morgan fingerprint density at radius 1 is 1.36 bits per heavy atom. The Kier molecular flexibility index (Phi) is 5.87. The maximum Gasteiger partial charge on any atom is 0.451 e. The highest BCUT2D eigenvalue weighted by molar-refractivity contribution is 5.90. The minimum atomic E-state index is -4.67. The Morgan fingerprint density at radius 3 is 2.82 bits per heavy atom. The number of fused-ring (bicyclic) bond motifs is 1. The lowest BCUT2D eigenvalue weighted by Crippen LogP contribution is -2.31. The summed E-state index contributed by atoms with van der Waals surface area (Å²) in [7, 11) is 1.47. The fraction of sp³-hybridized carbons (Fsp3) is 0.500. The highest BCUT2D eigenvalue weighted by atomic mass is 19.4. The molecule has 0 saturated carbocycles. The van der Waals surface area contributed by atoms with Crippen molar-refractivity contribution < 1.29 is 27.4 Å². The number of carbonyl (C=O) groups is 1. The first-order valence-electron chi connectivity index (χ1n) is 8.88. The summed E-state index contributed by atoms with van der Waals surface area (Å²) in [4.78, 5) is 19.2. The number of aromatic nitrogens is 2. The summed E-state index contributed by atoms with van der Waals surface area (Å²) in [5.74, 6) is -1.05. The fourth-order valence-electron chi connectivity index (χ4n) is 3.06. The summed E-state index contributed by atoms with van der Waals surface area (Å²) in [6, 6.07) is 4.56. The largest absolute Gasteiger partial charge is 0.497 e. The van der Waals surface area contributed by atoms with Crippen molar-refractivity contribution in [3.63, 3.8) is 0 Å². The Bertz CT molecular complexity index is 860. The average Bonchev–Trinajstić information content (AvgIpc) is 3.14. The first-order valence-corrected chi connectivity index (χ1v) is 8.88. The van der Waals surface area contributed by atoms with Crippen molar-refractivity contribution in [1.29, 1.82) is 0 Å². The molecule has 1 saturated heterocycles. The molecule has 1 fully saturated rings. The normalized spacial score (nSPS) is 19.6. The van der Waals surface area contributed by atoms with Crippen LogP contribution in [0.15, 0.2) is 18.2 Å². The van der Waals surface area contributed by atoms with Crippen molar-refractivity contribution in [2.45, 2.75) is 25.6 Å². The van der Waals surface area contributed by atoms with Crippen molar-refractivity contribution in [2.24, 2.45) is 5.92 Å². The van der Waals surface area contributed by atoms with Crippen LogP contribution in [0, 0.1) is 5.92 Å². The third kappa shape index (κ3) is 4.44. The quantitative estimate of drug-likeness (QED) is 0.778. The van der Waals surface area contributed by atoms with E-state index in [2.05, 4.69) is 20.6 Å². The second-order valence-corrected chi connectivity index (χ2v) is 6.44. The van der Waals surface area contributed by atoms with Crippen molar-refractivity contribution in [3.05, 3.63) is 24.0 Å². The van der Waals surface area contributed by atoms with Crippen LogP contribution < -0.4 is 15.4 Å². The number of rotatable bonds is 6. The van der Waals surface area contributed by atoms with Crippen LogP contribution in [0.1, 0.15) is 19.2 Å². The van der Waals surface area contributed by atoms with Gasteiger partial charge in [0.2, 0.25) is 11.7 Å². The van der Waals surface area contributed by atoms with E-state index in [-0.39, 0.29) is 42.4 Å². The number of halogens is 3. The van der Waals surface area contributed by atoms with E-state index < -0.39 is 12.0 Å². The van der Waals surface area contributed by atoms with E-state index in [1.165, 1.54) is 19.2 Å². The van der Waals surface area contributed by atoms with Gasteiger partial charge in [-0.1, -0.05) is 0 Å². The van der Waals surface area contributed by atoms with E-state index in [9.17, 15) is 18.0 Å². The molecule has 2 aromatic rings. The Hall–Kier alpha value is -2.62. The summed E-state index contributed by atoms with van der Waals surface area (Å²) in [5.41, 5.74) is 0.151. The Balaban J connectivity index is 1.80. The number of methoxy groups -OCH3 is 1. The number of nitrogens with one attached hydrogen (secondary N) is 2. The molecule has 28 heavy (non-hydrogen) atoms. The van der Waals surface area contributed by atoms with Gasteiger partial charge < -0.3 is 20.1 Å². The zero-order valence-electron chi connectivity index (χ0n) is 15.5. The van der Waals surface area contributed by atoms with Crippen LogP contribution >= 0.6 is 0 Å². The van der Waals surface area contributed by atoms with Crippen LogP contribution in [0.5, 0.6) is 5.75 Å². The van der Waals surface area contributed by atoms with Gasteiger partial charge >= 0.3 is 6.18 Å². The number of nitrogens with zero attached hydrogens (tertiary/aromatic N) is 2. The molecule has 0 unspecified atom stereocenters. The zero-order valence-corrected chi connectivity index (χ0v) is 15.5. The van der Waals surface area contributed by atoms with Crippen molar-refractivity contribution in [3.8, 4) is 5.75 Å². The van der Waals surface area contributed by atoms with Gasteiger partial charge in [-0.2, -0.15) is 13.2 Å². The second-order valence-electron chi connectivity index (χ2n) is 6.44. The van der Waals surface area contributed by atoms with E-state index in [1.54, 1.807) is 6.07 Å². The lowest BCUT2D eigenvalue weighted by atomic mass is 10.0. The fourth-order valence-corrected chi connectivity index (χ4v) is 3.06. The molecule has 3 rings (SSSR count). The minimum Gasteiger partial charge on any atom is -0.497 e. The summed E-state index contributed by atoms with van der Waals surface area (Å²) in [6.45, 7) is 2.87. The van der Waals surface area contributed by atoms with Crippen LogP contribution in [0.25, 0.3) is 10.9 Å². The smallest absolute Gasteiger partial charge is 0.451 e. The number of amides is 1. The van der Waals surface area contributed by atoms with Crippen LogP contribution in [-0.2, 0) is 15.7 Å². The van der Waals surface area contributed by atoms with Crippen LogP contribution in [-0.4, -0.2) is 48.8 Å². The molecular weight excluding hydrogens is 377 g/mol. The van der Waals surface area contributed by atoms with Gasteiger partial charge in [-0.25, -0.2) is 9.97 Å². The summed E-state index contributed by atoms with van der Waals surface area (Å²) >= 11 is 0. The molecule has 10 heteroatoms. The van der Waals surface area contributed by atoms with Gasteiger partial charge in [0.25, 0.3) is 0 Å². The number of hydrogen-bond donors (Lipinski definition) is 2. The first kappa shape index (κ1) is 20.1. The molecule has 1 aromatic carbocycles. The van der Waals surface area contributed by atoms with E-state index in [4.69, 9.17) is 9.47 Å². The lowest BCUT2D eigenvalue weighted by Gasteiger charge is -2.15. The van der Waals surface area contributed by atoms with E-state index in [1.807, 2.05) is 6.92 Å². The van der Waals surface area contributed by atoms with Gasteiger partial charge in [0.15, 0.2) is 0 Å². The van der Waals surface area contributed by atoms with Gasteiger partial charge in [-0.3, -0.25) is 4.79 Å². The van der Waals surface area contributed by atoms with Gasteiger partial charge in [-0.15, -0.1) is 0 Å². The van der Waals surface area contributed by atoms with E-state index in [0.717, 1.165) is 0 Å². The molecule has 0 radical (unpaired) electrons. The number of alkyl halides is 3. The van der Waals surface area contributed by atoms with E-state index in [0.29, 0.717) is 24.1 Å². The molecule has 2 atom stereocenters. The topological polar surface area (TPSA) is 85.4 Å². The highest BCUT2D eigenvalue weighted by Crippen LogP contribution is 2.32. The first-order chi connectivity index (χ1) is 13.3. The van der Waals surface area contributed by atoms with Crippen LogP contribution in [0.2, 0.25) is 0 Å². The molecular formula is C18H21F3N4O3. The Labute approximate surface area is 159 Å². The molecule has 7 nitrogen and oxygen atoms in total. The minimum absolute atomic E-state index is 0.0429. The van der Waals surface area contributed by atoms with E-state index >= 15 is 0 Å². The maximum absolute atomic E-state index is 13.1. The van der Waals surface area contributed by atoms with Gasteiger partial charge in [-0.05, 0) is 31.5 Å². The third-order valence-electron chi connectivity index (χ3n) is 4.46. The predicted molar refractivity (Wildman–Crippen MR) is 96.1 cm³/mol. The number of ether oxygens (including phenoxy) is 2. The van der Waals surface area contributed by atoms with Gasteiger partial charge in [0, 0.05) is 18.5 Å². The second kappa shape index (κ2) is 8.17. The zero-order chi connectivity index (χ0) is 20.3. The molecule has 1 aliphatic heterocycles. The van der Waals surface area contributed by atoms with Crippen molar-refractivity contribution >= 4 is 22.6 Å². The highest BCUT2D eigenvalue weighted by Gasteiger charge is 2.36. The monoisotopic (exact) mass is 398 g/mol. The molecule has 0 bridgehead atoms. The van der Waals surface area contributed by atoms with Crippen LogP contribution in [0.3, 0.4) is 0 Å². The molecule has 0 aliphatic carbocycles.